The lowest BCUT2D eigenvalue weighted by molar-refractivity contribution is 0.289. The molecule has 3 N–H and O–H groups in total. The molecule has 0 aromatic carbocycles. The summed E-state index contributed by atoms with van der Waals surface area (Å²) >= 11 is 0. The topological polar surface area (TPSA) is 58.6 Å². The van der Waals surface area contributed by atoms with Crippen molar-refractivity contribution >= 4 is 5.84 Å². The maximum Gasteiger partial charge on any atom is 0.0960 e. The van der Waals surface area contributed by atoms with Gasteiger partial charge in [0.05, 0.1) is 5.84 Å². The molecule has 74 valence electrons. The number of hydrogen-bond acceptors (Lipinski definition) is 2. The Morgan fingerprint density at radius 2 is 2.15 bits per heavy atom. The number of hydrogen-bond donors (Lipinski definition) is 2. The first-order valence-electron chi connectivity index (χ1n) is 4.34. The highest BCUT2D eigenvalue weighted by atomic mass is 16.2. The Bertz CT molecular complexity index is 225. The molecular weight excluding hydrogens is 164 g/mol. The Morgan fingerprint density at radius 3 is 2.62 bits per heavy atom. The number of aliphatic imine (C=N–C) groups is 1. The van der Waals surface area contributed by atoms with Gasteiger partial charge in [-0.25, -0.2) is 4.99 Å². The van der Waals surface area contributed by atoms with Crippen LogP contribution in [0.4, 0.5) is 0 Å². The quantitative estimate of drug-likeness (QED) is 0.385. The molecule has 0 aromatic rings. The van der Waals surface area contributed by atoms with E-state index in [1.807, 2.05) is 13.0 Å². The predicted octanol–water partition coefficient (Wildman–Crippen LogP) is 1.60. The van der Waals surface area contributed by atoms with Crippen molar-refractivity contribution in [2.24, 2.45) is 10.7 Å². The van der Waals surface area contributed by atoms with Crippen LogP contribution in [0.5, 0.6) is 0 Å². The van der Waals surface area contributed by atoms with Crippen molar-refractivity contribution < 1.29 is 5.11 Å². The molecule has 0 rings (SSSR count). The van der Waals surface area contributed by atoms with Gasteiger partial charge < -0.3 is 10.8 Å². The van der Waals surface area contributed by atoms with Crippen molar-refractivity contribution in [3.05, 3.63) is 23.9 Å². The Morgan fingerprint density at radius 1 is 1.54 bits per heavy atom. The number of nitrogens with zero attached hydrogens (tertiary/aromatic N) is 1. The highest BCUT2D eigenvalue weighted by Crippen LogP contribution is 2.07. The van der Waals surface area contributed by atoms with Crippen molar-refractivity contribution in [2.75, 3.05) is 6.61 Å². The molecule has 0 spiro atoms. The largest absolute Gasteiger partial charge is 0.396 e. The van der Waals surface area contributed by atoms with Gasteiger partial charge in [0.1, 0.15) is 0 Å². The van der Waals surface area contributed by atoms with Crippen LogP contribution >= 0.6 is 0 Å². The first kappa shape index (κ1) is 11.9. The van der Waals surface area contributed by atoms with Crippen molar-refractivity contribution in [1.82, 2.24) is 0 Å². The molecule has 0 aromatic heterocycles. The van der Waals surface area contributed by atoms with Crippen LogP contribution in [0.1, 0.15) is 26.7 Å². The van der Waals surface area contributed by atoms with E-state index >= 15 is 0 Å². The fraction of sp³-hybridized carbons (Fsp3) is 0.500. The lowest BCUT2D eigenvalue weighted by Gasteiger charge is -1.99. The molecule has 0 saturated carbocycles. The average Bonchev–Trinajstić information content (AvgIpc) is 1.98. The third-order valence-corrected chi connectivity index (χ3v) is 1.42. The fourth-order valence-electron chi connectivity index (χ4n) is 0.984. The van der Waals surface area contributed by atoms with Gasteiger partial charge in [0.2, 0.25) is 0 Å². The summed E-state index contributed by atoms with van der Waals surface area (Å²) in [5.41, 5.74) is 7.23. The maximum absolute atomic E-state index is 8.59. The summed E-state index contributed by atoms with van der Waals surface area (Å²) in [5.74, 6) is 0.545. The summed E-state index contributed by atoms with van der Waals surface area (Å²) in [5, 5.41) is 8.59. The van der Waals surface area contributed by atoms with Crippen LogP contribution in [0.2, 0.25) is 0 Å². The molecule has 0 aliphatic rings. The second-order valence-corrected chi connectivity index (χ2v) is 3.02. The first-order valence-corrected chi connectivity index (χ1v) is 4.34. The number of amidine groups is 1. The lowest BCUT2D eigenvalue weighted by Crippen LogP contribution is -2.04. The van der Waals surface area contributed by atoms with E-state index in [0.717, 1.165) is 24.1 Å². The Labute approximate surface area is 79.7 Å². The molecule has 0 heterocycles. The highest BCUT2D eigenvalue weighted by molar-refractivity contribution is 5.78. The molecule has 13 heavy (non-hydrogen) atoms. The molecule has 0 bridgehead atoms. The Hall–Kier alpha value is -1.09. The number of aliphatic hydroxyl groups is 1. The van der Waals surface area contributed by atoms with Gasteiger partial charge in [0, 0.05) is 12.3 Å². The Balaban J connectivity index is 4.07. The van der Waals surface area contributed by atoms with Gasteiger partial charge in [0.15, 0.2) is 0 Å². The summed E-state index contributed by atoms with van der Waals surface area (Å²) in [6, 6.07) is 0. The zero-order chi connectivity index (χ0) is 10.3. The molecule has 0 atom stereocenters. The van der Waals surface area contributed by atoms with Crippen LogP contribution < -0.4 is 5.73 Å². The van der Waals surface area contributed by atoms with Crippen LogP contribution in [0.25, 0.3) is 0 Å². The third kappa shape index (κ3) is 7.28. The van der Waals surface area contributed by atoms with E-state index in [9.17, 15) is 0 Å². The van der Waals surface area contributed by atoms with Gasteiger partial charge in [-0.2, -0.15) is 0 Å². The minimum Gasteiger partial charge on any atom is -0.396 e. The SMILES string of the molecule is C=C(/C=C(\C)N=C(C)N)CCCO. The number of aliphatic hydroxyl groups excluding tert-OH is 1. The molecule has 0 unspecified atom stereocenters. The number of nitrogens with two attached hydrogens (primary N) is 1. The van der Waals surface area contributed by atoms with Gasteiger partial charge in [-0.1, -0.05) is 12.2 Å². The average molecular weight is 182 g/mol. The molecule has 3 nitrogen and oxygen atoms in total. The van der Waals surface area contributed by atoms with Gasteiger partial charge >= 0.3 is 0 Å². The van der Waals surface area contributed by atoms with Crippen molar-refractivity contribution in [3.8, 4) is 0 Å². The number of rotatable bonds is 5. The second-order valence-electron chi connectivity index (χ2n) is 3.02. The van der Waals surface area contributed by atoms with E-state index in [0.29, 0.717) is 5.84 Å². The first-order chi connectivity index (χ1) is 6.06. The minimum absolute atomic E-state index is 0.199. The van der Waals surface area contributed by atoms with Crippen LogP contribution in [0, 0.1) is 0 Å². The second kappa shape index (κ2) is 6.43. The van der Waals surface area contributed by atoms with Gasteiger partial charge in [0.25, 0.3) is 0 Å². The van der Waals surface area contributed by atoms with E-state index in [1.54, 1.807) is 6.92 Å². The highest BCUT2D eigenvalue weighted by Gasteiger charge is 1.91. The van der Waals surface area contributed by atoms with Crippen LogP contribution in [0.15, 0.2) is 28.9 Å². The fourth-order valence-corrected chi connectivity index (χ4v) is 0.984. The van der Waals surface area contributed by atoms with Gasteiger partial charge in [-0.05, 0) is 32.8 Å². The van der Waals surface area contributed by atoms with E-state index in [1.165, 1.54) is 0 Å². The minimum atomic E-state index is 0.199. The van der Waals surface area contributed by atoms with Crippen molar-refractivity contribution in [1.29, 1.82) is 0 Å². The molecule has 0 amide bonds. The molecular formula is C10H18N2O. The molecule has 0 fully saturated rings. The summed E-state index contributed by atoms with van der Waals surface area (Å²) in [4.78, 5) is 4.06. The molecule has 0 aliphatic carbocycles. The molecule has 0 radical (unpaired) electrons. The van der Waals surface area contributed by atoms with Crippen LogP contribution in [-0.4, -0.2) is 17.5 Å². The van der Waals surface area contributed by atoms with Crippen LogP contribution in [-0.2, 0) is 0 Å². The lowest BCUT2D eigenvalue weighted by atomic mass is 10.1. The molecule has 3 heteroatoms. The smallest absolute Gasteiger partial charge is 0.0960 e. The van der Waals surface area contributed by atoms with Crippen molar-refractivity contribution in [3.63, 3.8) is 0 Å². The predicted molar refractivity (Wildman–Crippen MR) is 56.5 cm³/mol. The monoisotopic (exact) mass is 182 g/mol. The zero-order valence-corrected chi connectivity index (χ0v) is 8.38. The summed E-state index contributed by atoms with van der Waals surface area (Å²) in [6.07, 6.45) is 3.42. The van der Waals surface area contributed by atoms with Crippen LogP contribution in [0.3, 0.4) is 0 Å². The maximum atomic E-state index is 8.59. The number of allylic oxidation sites excluding steroid dienone is 3. The molecule has 0 saturated heterocycles. The van der Waals surface area contributed by atoms with Crippen molar-refractivity contribution in [2.45, 2.75) is 26.7 Å². The summed E-state index contributed by atoms with van der Waals surface area (Å²) in [6.45, 7) is 7.66. The Kier molecular flexibility index (Phi) is 5.89. The normalized spacial score (nSPS) is 13.2. The standard InChI is InChI=1S/C10H18N2O/c1-8(5-4-6-13)7-9(2)12-10(3)11/h7,13H,1,4-6H2,2-3H3,(H2,11,12)/b9-7+. The van der Waals surface area contributed by atoms with Gasteiger partial charge in [-0.15, -0.1) is 0 Å². The van der Waals surface area contributed by atoms with E-state index in [-0.39, 0.29) is 6.61 Å². The summed E-state index contributed by atoms with van der Waals surface area (Å²) in [7, 11) is 0. The van der Waals surface area contributed by atoms with E-state index in [4.69, 9.17) is 10.8 Å². The summed E-state index contributed by atoms with van der Waals surface area (Å²) < 4.78 is 0. The van der Waals surface area contributed by atoms with Gasteiger partial charge in [-0.3, -0.25) is 0 Å². The molecule has 0 aliphatic heterocycles. The van der Waals surface area contributed by atoms with E-state index in [2.05, 4.69) is 11.6 Å². The zero-order valence-electron chi connectivity index (χ0n) is 8.38. The third-order valence-electron chi connectivity index (χ3n) is 1.42. The van der Waals surface area contributed by atoms with E-state index < -0.39 is 0 Å².